The van der Waals surface area contributed by atoms with Gasteiger partial charge in [-0.05, 0) is 29.7 Å². The third kappa shape index (κ3) is 2.64. The van der Waals surface area contributed by atoms with Crippen LogP contribution in [0.5, 0.6) is 5.75 Å². The van der Waals surface area contributed by atoms with Crippen LogP contribution in [0.2, 0.25) is 0 Å². The molecule has 1 aliphatic heterocycles. The molecule has 0 saturated heterocycles. The SMILES string of the molecule is CC(CN)(CO)Cc1cc(Br)cc2c1OCC2. The fraction of sp³-hybridized carbons (Fsp3) is 0.538. The number of rotatable bonds is 4. The second-order valence-corrected chi connectivity index (χ2v) is 5.92. The summed E-state index contributed by atoms with van der Waals surface area (Å²) in [5.41, 5.74) is 7.83. The lowest BCUT2D eigenvalue weighted by molar-refractivity contribution is 0.148. The molecule has 0 amide bonds. The number of hydrogen-bond donors (Lipinski definition) is 2. The molecule has 2 rings (SSSR count). The molecule has 4 heteroatoms. The van der Waals surface area contributed by atoms with E-state index in [0.29, 0.717) is 6.54 Å². The lowest BCUT2D eigenvalue weighted by Crippen LogP contribution is -2.33. The number of hydrogen-bond acceptors (Lipinski definition) is 3. The molecule has 1 aliphatic rings. The Morgan fingerprint density at radius 2 is 2.29 bits per heavy atom. The fourth-order valence-corrected chi connectivity index (χ4v) is 2.68. The highest BCUT2D eigenvalue weighted by Gasteiger charge is 2.26. The summed E-state index contributed by atoms with van der Waals surface area (Å²) in [6.45, 7) is 3.29. The van der Waals surface area contributed by atoms with E-state index in [1.54, 1.807) is 0 Å². The summed E-state index contributed by atoms with van der Waals surface area (Å²) in [5, 5.41) is 9.43. The summed E-state index contributed by atoms with van der Waals surface area (Å²) in [4.78, 5) is 0. The highest BCUT2D eigenvalue weighted by molar-refractivity contribution is 9.10. The van der Waals surface area contributed by atoms with Crippen molar-refractivity contribution in [1.29, 1.82) is 0 Å². The third-order valence-corrected chi connectivity index (χ3v) is 3.77. The van der Waals surface area contributed by atoms with Crippen molar-refractivity contribution in [2.24, 2.45) is 11.1 Å². The number of aliphatic hydroxyl groups excluding tert-OH is 1. The quantitative estimate of drug-likeness (QED) is 0.893. The lowest BCUT2D eigenvalue weighted by atomic mass is 9.84. The summed E-state index contributed by atoms with van der Waals surface area (Å²) >= 11 is 3.52. The first-order valence-corrected chi connectivity index (χ1v) is 6.62. The first-order chi connectivity index (χ1) is 8.08. The van der Waals surface area contributed by atoms with Gasteiger partial charge in [0.2, 0.25) is 0 Å². The molecule has 1 atom stereocenters. The maximum absolute atomic E-state index is 9.43. The molecule has 0 radical (unpaired) electrons. The molecule has 1 aromatic carbocycles. The largest absolute Gasteiger partial charge is 0.493 e. The molecule has 0 bridgehead atoms. The Hall–Kier alpha value is -0.580. The molecule has 0 fully saturated rings. The summed E-state index contributed by atoms with van der Waals surface area (Å²) in [5.74, 6) is 0.987. The molecule has 0 aromatic heterocycles. The van der Waals surface area contributed by atoms with Gasteiger partial charge in [0.15, 0.2) is 0 Å². The average molecular weight is 300 g/mol. The summed E-state index contributed by atoms with van der Waals surface area (Å²) in [7, 11) is 0. The molecule has 1 unspecified atom stereocenters. The molecule has 1 aromatic rings. The molecule has 3 N–H and O–H groups in total. The average Bonchev–Trinajstić information content (AvgIpc) is 2.77. The Morgan fingerprint density at radius 3 is 2.94 bits per heavy atom. The Labute approximate surface area is 110 Å². The molecule has 17 heavy (non-hydrogen) atoms. The number of aliphatic hydroxyl groups is 1. The zero-order valence-corrected chi connectivity index (χ0v) is 11.6. The van der Waals surface area contributed by atoms with Crippen molar-refractivity contribution in [3.63, 3.8) is 0 Å². The normalized spacial score (nSPS) is 17.4. The van der Waals surface area contributed by atoms with Crippen molar-refractivity contribution in [3.8, 4) is 5.75 Å². The van der Waals surface area contributed by atoms with Crippen LogP contribution >= 0.6 is 15.9 Å². The summed E-state index contributed by atoms with van der Waals surface area (Å²) in [6.07, 6.45) is 1.70. The minimum atomic E-state index is -0.277. The van der Waals surface area contributed by atoms with Crippen LogP contribution in [0.3, 0.4) is 0 Å². The Bertz CT molecular complexity index is 416. The fourth-order valence-electron chi connectivity index (χ4n) is 2.13. The van der Waals surface area contributed by atoms with Crippen molar-refractivity contribution in [2.75, 3.05) is 19.8 Å². The minimum absolute atomic E-state index is 0.0881. The first-order valence-electron chi connectivity index (χ1n) is 5.83. The van der Waals surface area contributed by atoms with E-state index in [1.165, 1.54) is 5.56 Å². The van der Waals surface area contributed by atoms with Crippen LogP contribution in [-0.4, -0.2) is 24.9 Å². The molecule has 0 spiro atoms. The predicted molar refractivity (Wildman–Crippen MR) is 71.3 cm³/mol. The minimum Gasteiger partial charge on any atom is -0.493 e. The van der Waals surface area contributed by atoms with Gasteiger partial charge in [0.25, 0.3) is 0 Å². The first kappa shape index (κ1) is 12.9. The van der Waals surface area contributed by atoms with Gasteiger partial charge < -0.3 is 15.6 Å². The standard InChI is InChI=1S/C13H18BrNO2/c1-13(7-15,8-16)6-10-5-11(14)4-9-2-3-17-12(9)10/h4-5,16H,2-3,6-8,15H2,1H3. The molecular formula is C13H18BrNO2. The van der Waals surface area contributed by atoms with Crippen LogP contribution < -0.4 is 10.5 Å². The van der Waals surface area contributed by atoms with Gasteiger partial charge >= 0.3 is 0 Å². The van der Waals surface area contributed by atoms with Crippen molar-refractivity contribution < 1.29 is 9.84 Å². The Balaban J connectivity index is 2.33. The number of halogens is 1. The van der Waals surface area contributed by atoms with Gasteiger partial charge in [0.05, 0.1) is 6.61 Å². The van der Waals surface area contributed by atoms with Crippen LogP contribution in [0.25, 0.3) is 0 Å². The van der Waals surface area contributed by atoms with E-state index < -0.39 is 0 Å². The van der Waals surface area contributed by atoms with E-state index in [9.17, 15) is 5.11 Å². The topological polar surface area (TPSA) is 55.5 Å². The summed E-state index contributed by atoms with van der Waals surface area (Å²) < 4.78 is 6.74. The lowest BCUT2D eigenvalue weighted by Gasteiger charge is -2.26. The second-order valence-electron chi connectivity index (χ2n) is 5.00. The highest BCUT2D eigenvalue weighted by atomic mass is 79.9. The van der Waals surface area contributed by atoms with Crippen molar-refractivity contribution >= 4 is 15.9 Å². The van der Waals surface area contributed by atoms with E-state index >= 15 is 0 Å². The summed E-state index contributed by atoms with van der Waals surface area (Å²) in [6, 6.07) is 4.16. The molecular weight excluding hydrogens is 282 g/mol. The predicted octanol–water partition coefficient (Wildman–Crippen LogP) is 1.88. The molecule has 1 heterocycles. The van der Waals surface area contributed by atoms with E-state index in [4.69, 9.17) is 10.5 Å². The van der Waals surface area contributed by atoms with Crippen molar-refractivity contribution in [1.82, 2.24) is 0 Å². The van der Waals surface area contributed by atoms with E-state index in [2.05, 4.69) is 28.1 Å². The van der Waals surface area contributed by atoms with Crippen LogP contribution in [0.1, 0.15) is 18.1 Å². The zero-order valence-electron chi connectivity index (χ0n) is 10.0. The number of nitrogens with two attached hydrogens (primary N) is 1. The van der Waals surface area contributed by atoms with Gasteiger partial charge in [-0.3, -0.25) is 0 Å². The highest BCUT2D eigenvalue weighted by Crippen LogP contribution is 2.36. The third-order valence-electron chi connectivity index (χ3n) is 3.32. The number of benzene rings is 1. The van der Waals surface area contributed by atoms with Gasteiger partial charge in [0.1, 0.15) is 5.75 Å². The van der Waals surface area contributed by atoms with Crippen molar-refractivity contribution in [3.05, 3.63) is 27.7 Å². The number of fused-ring (bicyclic) bond motifs is 1. The van der Waals surface area contributed by atoms with Crippen LogP contribution in [0.15, 0.2) is 16.6 Å². The van der Waals surface area contributed by atoms with Gasteiger partial charge in [-0.15, -0.1) is 0 Å². The van der Waals surface area contributed by atoms with E-state index in [-0.39, 0.29) is 12.0 Å². The molecule has 0 saturated carbocycles. The maximum Gasteiger partial charge on any atom is 0.125 e. The number of ether oxygens (including phenoxy) is 1. The maximum atomic E-state index is 9.43. The van der Waals surface area contributed by atoms with Gasteiger partial charge in [-0.1, -0.05) is 22.9 Å². The molecule has 0 aliphatic carbocycles. The second kappa shape index (κ2) is 4.96. The van der Waals surface area contributed by atoms with Gasteiger partial charge in [-0.25, -0.2) is 0 Å². The van der Waals surface area contributed by atoms with Gasteiger partial charge in [0, 0.05) is 29.5 Å². The molecule has 3 nitrogen and oxygen atoms in total. The van der Waals surface area contributed by atoms with E-state index in [1.807, 2.05) is 6.92 Å². The Morgan fingerprint density at radius 1 is 1.53 bits per heavy atom. The van der Waals surface area contributed by atoms with E-state index in [0.717, 1.165) is 35.2 Å². The van der Waals surface area contributed by atoms with Crippen LogP contribution in [-0.2, 0) is 12.8 Å². The van der Waals surface area contributed by atoms with Crippen LogP contribution in [0, 0.1) is 5.41 Å². The molecule has 94 valence electrons. The monoisotopic (exact) mass is 299 g/mol. The smallest absolute Gasteiger partial charge is 0.125 e. The van der Waals surface area contributed by atoms with Crippen molar-refractivity contribution in [2.45, 2.75) is 19.8 Å². The zero-order chi connectivity index (χ0) is 12.5. The van der Waals surface area contributed by atoms with Crippen LogP contribution in [0.4, 0.5) is 0 Å². The van der Waals surface area contributed by atoms with Gasteiger partial charge in [-0.2, -0.15) is 0 Å². The Kier molecular flexibility index (Phi) is 3.76.